The van der Waals surface area contributed by atoms with E-state index in [0.717, 1.165) is 5.56 Å². The molecule has 0 spiro atoms. The predicted octanol–water partition coefficient (Wildman–Crippen LogP) is 2.47. The summed E-state index contributed by atoms with van der Waals surface area (Å²) in [5.74, 6) is 0.414. The fraction of sp³-hybridized carbons (Fsp3) is 0.235. The van der Waals surface area contributed by atoms with Crippen molar-refractivity contribution in [1.82, 2.24) is 5.32 Å². The number of amides is 1. The van der Waals surface area contributed by atoms with Crippen LogP contribution < -0.4 is 10.1 Å². The maximum atomic E-state index is 12.1. The quantitative estimate of drug-likeness (QED) is 0.887. The molecular weight excluding hydrogens is 266 g/mol. The molecule has 0 aliphatic rings. The molecule has 0 radical (unpaired) electrons. The number of ether oxygens (including phenoxy) is 1. The summed E-state index contributed by atoms with van der Waals surface area (Å²) >= 11 is 0. The highest BCUT2D eigenvalue weighted by Crippen LogP contribution is 2.24. The van der Waals surface area contributed by atoms with Gasteiger partial charge in [0.05, 0.1) is 13.2 Å². The Kier molecular flexibility index (Phi) is 4.95. The van der Waals surface area contributed by atoms with Gasteiger partial charge in [0.25, 0.3) is 5.91 Å². The second-order valence-corrected chi connectivity index (χ2v) is 4.78. The maximum absolute atomic E-state index is 12.1. The van der Waals surface area contributed by atoms with Crippen molar-refractivity contribution in [1.29, 1.82) is 0 Å². The highest BCUT2D eigenvalue weighted by Gasteiger charge is 2.15. The van der Waals surface area contributed by atoms with E-state index in [1.165, 1.54) is 0 Å². The first-order valence-electron chi connectivity index (χ1n) is 6.78. The van der Waals surface area contributed by atoms with E-state index in [0.29, 0.717) is 16.9 Å². The largest absolute Gasteiger partial charge is 0.496 e. The van der Waals surface area contributed by atoms with Crippen molar-refractivity contribution in [2.24, 2.45) is 0 Å². The highest BCUT2D eigenvalue weighted by atomic mass is 16.5. The fourth-order valence-corrected chi connectivity index (χ4v) is 2.16. The second kappa shape index (κ2) is 6.90. The average molecular weight is 285 g/mol. The molecule has 2 aromatic carbocycles. The minimum Gasteiger partial charge on any atom is -0.496 e. The molecular formula is C17H19NO3. The molecule has 2 aromatic rings. The third-order valence-corrected chi connectivity index (χ3v) is 3.34. The zero-order valence-electron chi connectivity index (χ0n) is 12.2. The smallest absolute Gasteiger partial charge is 0.251 e. The van der Waals surface area contributed by atoms with Crippen LogP contribution in [0.4, 0.5) is 0 Å². The summed E-state index contributed by atoms with van der Waals surface area (Å²) in [6.45, 7) is 2.01. The van der Waals surface area contributed by atoms with E-state index in [-0.39, 0.29) is 12.5 Å². The van der Waals surface area contributed by atoms with Crippen molar-refractivity contribution in [3.8, 4) is 5.75 Å². The summed E-state index contributed by atoms with van der Waals surface area (Å²) in [5, 5.41) is 12.9. The summed E-state index contributed by atoms with van der Waals surface area (Å²) in [4.78, 5) is 12.1. The van der Waals surface area contributed by atoms with Crippen molar-refractivity contribution in [2.75, 3.05) is 13.7 Å². The lowest BCUT2D eigenvalue weighted by Crippen LogP contribution is -2.29. The van der Waals surface area contributed by atoms with E-state index >= 15 is 0 Å². The van der Waals surface area contributed by atoms with Crippen LogP contribution >= 0.6 is 0 Å². The van der Waals surface area contributed by atoms with Crippen molar-refractivity contribution < 1.29 is 14.6 Å². The molecule has 1 unspecified atom stereocenters. The topological polar surface area (TPSA) is 58.6 Å². The Hall–Kier alpha value is -2.33. The molecule has 1 amide bonds. The molecule has 0 aliphatic carbocycles. The average Bonchev–Trinajstić information content (AvgIpc) is 2.52. The number of aryl methyl sites for hydroxylation is 1. The molecule has 0 bridgehead atoms. The van der Waals surface area contributed by atoms with Gasteiger partial charge in [-0.3, -0.25) is 4.79 Å². The van der Waals surface area contributed by atoms with Crippen molar-refractivity contribution >= 4 is 5.91 Å². The Morgan fingerprint density at radius 2 is 1.86 bits per heavy atom. The van der Waals surface area contributed by atoms with E-state index in [2.05, 4.69) is 5.32 Å². The monoisotopic (exact) mass is 285 g/mol. The van der Waals surface area contributed by atoms with Gasteiger partial charge in [-0.2, -0.15) is 0 Å². The first-order valence-corrected chi connectivity index (χ1v) is 6.78. The maximum Gasteiger partial charge on any atom is 0.251 e. The number of para-hydroxylation sites is 1. The normalized spacial score (nSPS) is 11.8. The fourth-order valence-electron chi connectivity index (χ4n) is 2.16. The molecule has 2 N–H and O–H groups in total. The van der Waals surface area contributed by atoms with Gasteiger partial charge in [-0.15, -0.1) is 0 Å². The van der Waals surface area contributed by atoms with Crippen molar-refractivity contribution in [3.05, 3.63) is 65.2 Å². The van der Waals surface area contributed by atoms with Gasteiger partial charge in [-0.25, -0.2) is 0 Å². The summed E-state index contributed by atoms with van der Waals surface area (Å²) in [5.41, 5.74) is 2.18. The van der Waals surface area contributed by atoms with Crippen molar-refractivity contribution in [3.63, 3.8) is 0 Å². The van der Waals surface area contributed by atoms with Crippen LogP contribution in [-0.4, -0.2) is 24.7 Å². The molecule has 21 heavy (non-hydrogen) atoms. The van der Waals surface area contributed by atoms with Gasteiger partial charge in [0.1, 0.15) is 5.75 Å². The minimum atomic E-state index is -0.811. The molecule has 0 aromatic heterocycles. The third-order valence-electron chi connectivity index (χ3n) is 3.34. The Morgan fingerprint density at radius 1 is 1.19 bits per heavy atom. The van der Waals surface area contributed by atoms with Crippen molar-refractivity contribution in [2.45, 2.75) is 13.0 Å². The van der Waals surface area contributed by atoms with E-state index in [9.17, 15) is 9.90 Å². The van der Waals surface area contributed by atoms with E-state index < -0.39 is 6.10 Å². The lowest BCUT2D eigenvalue weighted by atomic mass is 10.1. The van der Waals surface area contributed by atoms with Gasteiger partial charge >= 0.3 is 0 Å². The molecule has 0 aliphatic heterocycles. The van der Waals surface area contributed by atoms with Gasteiger partial charge in [-0.1, -0.05) is 36.4 Å². The Morgan fingerprint density at radius 3 is 2.57 bits per heavy atom. The number of aliphatic hydroxyl groups is 1. The third kappa shape index (κ3) is 3.61. The molecule has 1 atom stereocenters. The summed E-state index contributed by atoms with van der Waals surface area (Å²) in [6, 6.07) is 14.6. The Bertz CT molecular complexity index is 625. The van der Waals surface area contributed by atoms with Crippen LogP contribution in [0.25, 0.3) is 0 Å². The van der Waals surface area contributed by atoms with Crippen LogP contribution in [0.1, 0.15) is 27.6 Å². The first-order chi connectivity index (χ1) is 10.1. The standard InChI is InChI=1S/C17H19NO3/c1-12-7-3-4-8-13(12)17(20)18-11-15(19)14-9-5-6-10-16(14)21-2/h3-10,15,19H,11H2,1-2H3,(H,18,20). The number of aliphatic hydroxyl groups excluding tert-OH is 1. The number of methoxy groups -OCH3 is 1. The van der Waals surface area contributed by atoms with Crippen LogP contribution in [0, 0.1) is 6.92 Å². The van der Waals surface area contributed by atoms with E-state index in [1.54, 1.807) is 25.3 Å². The van der Waals surface area contributed by atoms with E-state index in [4.69, 9.17) is 4.74 Å². The van der Waals surface area contributed by atoms with Crippen LogP contribution in [0.5, 0.6) is 5.75 Å². The molecule has 0 fully saturated rings. The summed E-state index contributed by atoms with van der Waals surface area (Å²) in [7, 11) is 1.55. The Balaban J connectivity index is 2.03. The number of benzene rings is 2. The van der Waals surface area contributed by atoms with Crippen LogP contribution in [0.15, 0.2) is 48.5 Å². The van der Waals surface area contributed by atoms with Crippen LogP contribution in [0.2, 0.25) is 0 Å². The van der Waals surface area contributed by atoms with Crippen LogP contribution in [0.3, 0.4) is 0 Å². The number of hydrogen-bond donors (Lipinski definition) is 2. The SMILES string of the molecule is COc1ccccc1C(O)CNC(=O)c1ccccc1C. The van der Waals surface area contributed by atoms with Crippen LogP contribution in [-0.2, 0) is 0 Å². The van der Waals surface area contributed by atoms with E-state index in [1.807, 2.05) is 37.3 Å². The molecule has 4 nitrogen and oxygen atoms in total. The van der Waals surface area contributed by atoms with Gasteiger partial charge in [0, 0.05) is 17.7 Å². The lowest BCUT2D eigenvalue weighted by molar-refractivity contribution is 0.0914. The molecule has 0 saturated carbocycles. The van der Waals surface area contributed by atoms with Gasteiger partial charge in [0.2, 0.25) is 0 Å². The molecule has 2 rings (SSSR count). The summed E-state index contributed by atoms with van der Waals surface area (Å²) < 4.78 is 5.20. The highest BCUT2D eigenvalue weighted by molar-refractivity contribution is 5.95. The number of rotatable bonds is 5. The molecule has 4 heteroatoms. The number of carbonyl (C=O) groups excluding carboxylic acids is 1. The number of nitrogens with one attached hydrogen (secondary N) is 1. The first kappa shape index (κ1) is 15.1. The zero-order chi connectivity index (χ0) is 15.2. The zero-order valence-corrected chi connectivity index (χ0v) is 12.2. The number of hydrogen-bond acceptors (Lipinski definition) is 3. The molecule has 0 saturated heterocycles. The molecule has 0 heterocycles. The Labute approximate surface area is 124 Å². The summed E-state index contributed by atoms with van der Waals surface area (Å²) in [6.07, 6.45) is -0.811. The van der Waals surface area contributed by atoms with Gasteiger partial charge in [0.15, 0.2) is 0 Å². The predicted molar refractivity (Wildman–Crippen MR) is 81.5 cm³/mol. The second-order valence-electron chi connectivity index (χ2n) is 4.78. The van der Waals surface area contributed by atoms with Gasteiger partial charge in [-0.05, 0) is 24.6 Å². The minimum absolute atomic E-state index is 0.132. The lowest BCUT2D eigenvalue weighted by Gasteiger charge is -2.15. The number of carbonyl (C=O) groups is 1. The molecule has 110 valence electrons. The van der Waals surface area contributed by atoms with Gasteiger partial charge < -0.3 is 15.2 Å².